The van der Waals surface area contributed by atoms with Crippen molar-refractivity contribution in [3.8, 4) is 107 Å². The van der Waals surface area contributed by atoms with Crippen molar-refractivity contribution >= 4 is 164 Å². The number of hydrogen-bond donors (Lipinski definition) is 0. The summed E-state index contributed by atoms with van der Waals surface area (Å²) in [6, 6.07) is 163. The van der Waals surface area contributed by atoms with E-state index >= 15 is 0 Å². The van der Waals surface area contributed by atoms with Crippen LogP contribution in [0.1, 0.15) is 0 Å². The van der Waals surface area contributed by atoms with Crippen molar-refractivity contribution in [2.45, 2.75) is 0 Å². The SMILES string of the molecule is c1ccc(-c2nc(-c3cccc(-c4ccc5c(c4)c4ccccc4n5-c4ccccc4)c3)nc3ccc4oc5ccccc5c4c23)cc1.c1ccc(-c2nc(-c3cccc(-c4cccc5c4c4ccccc4n5-c4ccccc4)c3)nc3ccc4oc5ccccc5c4c23)cc1.c1ccc(-c2nc(-c3cccc(-n4c5ccccc5c5ccccc54)c3)nc3ccc4oc5ccccc5c4c23)cc1. The molecule has 0 aliphatic carbocycles. The first kappa shape index (κ1) is 79.0. The van der Waals surface area contributed by atoms with E-state index in [-0.39, 0.29) is 0 Å². The minimum absolute atomic E-state index is 0.689. The van der Waals surface area contributed by atoms with Crippen LogP contribution in [0.4, 0.5) is 0 Å². The van der Waals surface area contributed by atoms with Crippen molar-refractivity contribution < 1.29 is 13.3 Å². The predicted octanol–water partition coefficient (Wildman–Crippen LogP) is 33.2. The second kappa shape index (κ2) is 32.6. The van der Waals surface area contributed by atoms with Crippen LogP contribution in [0.15, 0.2) is 480 Å². The van der Waals surface area contributed by atoms with Crippen LogP contribution in [-0.4, -0.2) is 43.6 Å². The lowest BCUT2D eigenvalue weighted by Gasteiger charge is -2.12. The number of furan rings is 3. The Labute approximate surface area is 789 Å². The largest absolute Gasteiger partial charge is 0.456 e. The van der Waals surface area contributed by atoms with Gasteiger partial charge in [-0.15, -0.1) is 0 Å². The summed E-state index contributed by atoms with van der Waals surface area (Å²) < 4.78 is 25.8. The van der Waals surface area contributed by atoms with Crippen molar-refractivity contribution in [3.05, 3.63) is 467 Å². The van der Waals surface area contributed by atoms with Gasteiger partial charge in [0.1, 0.15) is 33.5 Å². The zero-order valence-corrected chi connectivity index (χ0v) is 74.2. The van der Waals surface area contributed by atoms with Crippen molar-refractivity contribution in [1.29, 1.82) is 0 Å². The summed E-state index contributed by atoms with van der Waals surface area (Å²) in [5, 5.41) is 16.7. The molecule has 0 aliphatic heterocycles. The molecule has 12 heteroatoms. The molecule has 0 N–H and O–H groups in total. The van der Waals surface area contributed by atoms with E-state index in [0.717, 1.165) is 183 Å². The number of nitrogens with zero attached hydrogens (tertiary/aromatic N) is 9. The maximum Gasteiger partial charge on any atom is 0.160 e. The number of benzene rings is 20. The Bertz CT molecular complexity index is 9880. The molecule has 12 nitrogen and oxygen atoms in total. The van der Waals surface area contributed by atoms with Gasteiger partial charge in [0.15, 0.2) is 17.5 Å². The van der Waals surface area contributed by atoms with Crippen LogP contribution in [0.3, 0.4) is 0 Å². The predicted molar refractivity (Wildman–Crippen MR) is 567 cm³/mol. The van der Waals surface area contributed by atoms with Crippen LogP contribution in [-0.2, 0) is 0 Å². The van der Waals surface area contributed by atoms with Gasteiger partial charge in [-0.25, -0.2) is 29.9 Å². The maximum atomic E-state index is 6.27. The molecule has 0 unspecified atom stereocenters. The number of hydrogen-bond acceptors (Lipinski definition) is 9. The Morgan fingerprint density at radius 1 is 0.152 bits per heavy atom. The van der Waals surface area contributed by atoms with Crippen molar-refractivity contribution in [2.75, 3.05) is 0 Å². The number of fused-ring (bicyclic) bond motifs is 24. The molecular weight excluding hydrogens is 1690 g/mol. The van der Waals surface area contributed by atoms with E-state index in [9.17, 15) is 0 Å². The lowest BCUT2D eigenvalue weighted by molar-refractivity contribution is 0.669. The molecule has 0 saturated carbocycles. The van der Waals surface area contributed by atoms with Gasteiger partial charge in [-0.05, 0) is 168 Å². The summed E-state index contributed by atoms with van der Waals surface area (Å²) in [7, 11) is 0. The van der Waals surface area contributed by atoms with E-state index in [1.54, 1.807) is 0 Å². The summed E-state index contributed by atoms with van der Waals surface area (Å²) in [5.74, 6) is 2.07. The molecule has 29 aromatic rings. The first-order valence-corrected chi connectivity index (χ1v) is 46.4. The minimum Gasteiger partial charge on any atom is -0.456 e. The highest BCUT2D eigenvalue weighted by molar-refractivity contribution is 6.25. The highest BCUT2D eigenvalue weighted by atomic mass is 16.3. The van der Waals surface area contributed by atoms with E-state index < -0.39 is 0 Å². The third-order valence-electron chi connectivity index (χ3n) is 27.0. The van der Waals surface area contributed by atoms with Crippen LogP contribution in [0.2, 0.25) is 0 Å². The summed E-state index contributed by atoms with van der Waals surface area (Å²) >= 11 is 0. The summed E-state index contributed by atoms with van der Waals surface area (Å²) in [5.41, 5.74) is 31.5. The molecule has 0 amide bonds. The van der Waals surface area contributed by atoms with Crippen LogP contribution >= 0.6 is 0 Å². The van der Waals surface area contributed by atoms with Gasteiger partial charge in [-0.2, -0.15) is 0 Å². The van der Waals surface area contributed by atoms with Crippen LogP contribution in [0, 0.1) is 0 Å². The Balaban J connectivity index is 0.000000105. The quantitative estimate of drug-likeness (QED) is 0.124. The van der Waals surface area contributed by atoms with E-state index in [4.69, 9.17) is 43.2 Å². The second-order valence-electron chi connectivity index (χ2n) is 35.0. The first-order chi connectivity index (χ1) is 68.4. The van der Waals surface area contributed by atoms with Crippen molar-refractivity contribution in [1.82, 2.24) is 43.6 Å². The van der Waals surface area contributed by atoms with Gasteiger partial charge < -0.3 is 27.0 Å². The smallest absolute Gasteiger partial charge is 0.160 e. The fourth-order valence-corrected chi connectivity index (χ4v) is 20.9. The number of para-hydroxylation sites is 9. The highest BCUT2D eigenvalue weighted by Gasteiger charge is 2.26. The fraction of sp³-hybridized carbons (Fsp3) is 0. The average molecular weight is 1770 g/mol. The lowest BCUT2D eigenvalue weighted by Crippen LogP contribution is -1.98. The molecule has 9 aromatic heterocycles. The summed E-state index contributed by atoms with van der Waals surface area (Å²) in [4.78, 5) is 31.4. The van der Waals surface area contributed by atoms with Crippen LogP contribution in [0.25, 0.3) is 271 Å². The van der Waals surface area contributed by atoms with E-state index in [1.807, 2.05) is 78.9 Å². The number of aromatic nitrogens is 9. The Morgan fingerprint density at radius 2 is 0.449 bits per heavy atom. The third-order valence-corrected chi connectivity index (χ3v) is 27.0. The van der Waals surface area contributed by atoms with Crippen molar-refractivity contribution in [3.63, 3.8) is 0 Å². The van der Waals surface area contributed by atoms with Crippen LogP contribution in [0.5, 0.6) is 0 Å². The molecule has 0 radical (unpaired) electrons. The zero-order valence-electron chi connectivity index (χ0n) is 74.2. The van der Waals surface area contributed by atoms with Gasteiger partial charge in [-0.1, -0.05) is 322 Å². The molecule has 0 spiro atoms. The van der Waals surface area contributed by atoms with E-state index in [1.165, 1.54) is 71.0 Å². The molecule has 0 saturated heterocycles. The zero-order chi connectivity index (χ0) is 90.8. The standard InChI is InChI=1S/2C44H27N3O.C38H23N3O/c1-3-13-28(14-4-1)43-42-35(25-26-39-41(42)34-20-8-10-24-38(34)48-39)45-44(46-43)30-16-11-15-29(27-30)32-21-12-23-37-40(32)33-19-7-9-22-36(33)47(37)31-17-5-2-6-18-31;1-3-12-28(13-4-1)43-42-36(23-25-40-41(42)34-19-8-10-21-39(34)48-40)45-44(46-43)31-15-11-14-29(26-31)30-22-24-38-35(27-30)33-18-7-9-20-37(33)47(38)32-16-5-2-6-17-32;1-2-11-24(12-3-1)37-36-30(21-22-34-35(36)29-17-6-9-20-33(29)42-34)39-38(40-37)25-13-10-14-26(23-25)41-31-18-7-4-15-27(31)28-16-5-8-19-32(28)41/h2*1-27H;1-23H. The highest BCUT2D eigenvalue weighted by Crippen LogP contribution is 2.48. The topological polar surface area (TPSA) is 132 Å². The van der Waals surface area contributed by atoms with Crippen molar-refractivity contribution in [2.24, 2.45) is 0 Å². The molecule has 0 fully saturated rings. The minimum atomic E-state index is 0.689. The third kappa shape index (κ3) is 13.2. The van der Waals surface area contributed by atoms with Gasteiger partial charge >= 0.3 is 0 Å². The molecule has 20 aromatic carbocycles. The number of rotatable bonds is 11. The molecule has 0 atom stereocenters. The molecule has 0 bridgehead atoms. The van der Waals surface area contributed by atoms with Gasteiger partial charge in [0.2, 0.25) is 0 Å². The summed E-state index contributed by atoms with van der Waals surface area (Å²) in [6.07, 6.45) is 0. The normalized spacial score (nSPS) is 11.8. The van der Waals surface area contributed by atoms with Gasteiger partial charge in [0, 0.05) is 131 Å². The molecule has 138 heavy (non-hydrogen) atoms. The molecule has 29 rings (SSSR count). The molecule has 0 aliphatic rings. The fourth-order valence-electron chi connectivity index (χ4n) is 20.9. The van der Waals surface area contributed by atoms with Gasteiger partial charge in [0.25, 0.3) is 0 Å². The maximum absolute atomic E-state index is 6.27. The Morgan fingerprint density at radius 3 is 0.899 bits per heavy atom. The second-order valence-corrected chi connectivity index (χ2v) is 35.0. The van der Waals surface area contributed by atoms with Crippen LogP contribution < -0.4 is 0 Å². The average Bonchev–Trinajstić information content (AvgIpc) is 1.53. The Hall–Kier alpha value is -18.8. The van der Waals surface area contributed by atoms with Gasteiger partial charge in [0.05, 0.1) is 66.7 Å². The van der Waals surface area contributed by atoms with E-state index in [2.05, 4.69) is 402 Å². The molecule has 9 heterocycles. The van der Waals surface area contributed by atoms with Gasteiger partial charge in [-0.3, -0.25) is 0 Å². The van der Waals surface area contributed by atoms with E-state index in [0.29, 0.717) is 17.5 Å². The molecular formula is C126H77N9O3. The first-order valence-electron chi connectivity index (χ1n) is 46.4. The monoisotopic (exact) mass is 1760 g/mol. The lowest BCUT2D eigenvalue weighted by atomic mass is 9.97. The summed E-state index contributed by atoms with van der Waals surface area (Å²) in [6.45, 7) is 0. The molecule has 644 valence electrons. The Kier molecular flexibility index (Phi) is 18.7.